The number of aromatic nitrogens is 1. The fourth-order valence-electron chi connectivity index (χ4n) is 3.54. The molecule has 1 aliphatic rings. The van der Waals surface area contributed by atoms with Gasteiger partial charge in [-0.05, 0) is 29.4 Å². The number of rotatable bonds is 1. The first kappa shape index (κ1) is 13.9. The Morgan fingerprint density at radius 1 is 1.38 bits per heavy atom. The van der Waals surface area contributed by atoms with Gasteiger partial charge in [0.1, 0.15) is 11.3 Å². The predicted octanol–water partition coefficient (Wildman–Crippen LogP) is 4.00. The summed E-state index contributed by atoms with van der Waals surface area (Å²) in [6, 6.07) is 1.78. The lowest BCUT2D eigenvalue weighted by Gasteiger charge is -2.21. The van der Waals surface area contributed by atoms with Gasteiger partial charge in [-0.2, -0.15) is 0 Å². The van der Waals surface area contributed by atoms with Crippen molar-refractivity contribution in [1.29, 1.82) is 0 Å². The van der Waals surface area contributed by atoms with E-state index in [1.54, 1.807) is 0 Å². The number of carboxylic acids is 1. The second-order valence-corrected chi connectivity index (χ2v) is 6.33. The van der Waals surface area contributed by atoms with Crippen LogP contribution < -0.4 is 0 Å². The van der Waals surface area contributed by atoms with Crippen LogP contribution in [0.1, 0.15) is 54.7 Å². The van der Waals surface area contributed by atoms with E-state index in [0.717, 1.165) is 18.6 Å². The molecule has 2 aromatic rings. The molecule has 3 nitrogen and oxygen atoms in total. The van der Waals surface area contributed by atoms with Gasteiger partial charge in [0.25, 0.3) is 0 Å². The van der Waals surface area contributed by atoms with Crippen molar-refractivity contribution in [2.24, 2.45) is 0 Å². The molecule has 1 heterocycles. The zero-order valence-corrected chi connectivity index (χ0v) is 12.0. The number of pyridine rings is 1. The van der Waals surface area contributed by atoms with Crippen LogP contribution >= 0.6 is 0 Å². The minimum Gasteiger partial charge on any atom is -0.478 e. The summed E-state index contributed by atoms with van der Waals surface area (Å²) in [6.07, 6.45) is 0.732. The van der Waals surface area contributed by atoms with E-state index in [-0.39, 0.29) is 27.8 Å². The van der Waals surface area contributed by atoms with E-state index in [4.69, 9.17) is 0 Å². The van der Waals surface area contributed by atoms with Crippen molar-refractivity contribution >= 4 is 16.9 Å². The first-order valence-electron chi connectivity index (χ1n) is 6.79. The summed E-state index contributed by atoms with van der Waals surface area (Å²) in [5, 5.41) is 9.60. The lowest BCUT2D eigenvalue weighted by atomic mass is 9.83. The number of halogens is 2. The zero-order valence-electron chi connectivity index (χ0n) is 12.0. The molecule has 1 atom stereocenters. The number of hydrogen-bond donors (Lipinski definition) is 1. The van der Waals surface area contributed by atoms with Gasteiger partial charge in [-0.25, -0.2) is 18.6 Å². The van der Waals surface area contributed by atoms with Crippen LogP contribution in [-0.2, 0) is 5.41 Å². The average molecular weight is 291 g/mol. The third-order valence-corrected chi connectivity index (χ3v) is 4.21. The number of benzene rings is 1. The molecular formula is C16H15F2NO2. The number of hydrogen-bond acceptors (Lipinski definition) is 2. The summed E-state index contributed by atoms with van der Waals surface area (Å²) < 4.78 is 27.5. The Morgan fingerprint density at radius 3 is 2.67 bits per heavy atom. The van der Waals surface area contributed by atoms with Gasteiger partial charge < -0.3 is 5.11 Å². The summed E-state index contributed by atoms with van der Waals surface area (Å²) in [6.45, 7) is 5.81. The maximum Gasteiger partial charge on any atom is 0.336 e. The number of aromatic carboxylic acids is 1. The van der Waals surface area contributed by atoms with Crippen LogP contribution in [0.4, 0.5) is 8.78 Å². The van der Waals surface area contributed by atoms with Crippen molar-refractivity contribution in [3.8, 4) is 0 Å². The molecule has 5 heteroatoms. The fourth-order valence-corrected chi connectivity index (χ4v) is 3.54. The smallest absolute Gasteiger partial charge is 0.336 e. The van der Waals surface area contributed by atoms with Gasteiger partial charge in [-0.15, -0.1) is 0 Å². The topological polar surface area (TPSA) is 50.2 Å². The molecule has 110 valence electrons. The minimum absolute atomic E-state index is 0.0252. The summed E-state index contributed by atoms with van der Waals surface area (Å²) >= 11 is 0. The van der Waals surface area contributed by atoms with E-state index in [0.29, 0.717) is 11.3 Å². The van der Waals surface area contributed by atoms with E-state index in [9.17, 15) is 18.7 Å². The maximum absolute atomic E-state index is 14.0. The molecule has 0 spiro atoms. The molecular weight excluding hydrogens is 276 g/mol. The molecule has 21 heavy (non-hydrogen) atoms. The molecule has 1 N–H and O–H groups in total. The second-order valence-electron chi connectivity index (χ2n) is 6.33. The molecule has 0 radical (unpaired) electrons. The predicted molar refractivity (Wildman–Crippen MR) is 74.7 cm³/mol. The van der Waals surface area contributed by atoms with Gasteiger partial charge in [0.15, 0.2) is 5.82 Å². The van der Waals surface area contributed by atoms with E-state index in [1.807, 2.05) is 20.8 Å². The monoisotopic (exact) mass is 291 g/mol. The normalized spacial score (nSPS) is 19.8. The minimum atomic E-state index is -1.18. The Kier molecular flexibility index (Phi) is 2.80. The summed E-state index contributed by atoms with van der Waals surface area (Å²) in [7, 11) is 0. The molecule has 0 saturated heterocycles. The van der Waals surface area contributed by atoms with Gasteiger partial charge in [0, 0.05) is 17.1 Å². The third kappa shape index (κ3) is 1.91. The highest BCUT2D eigenvalue weighted by Gasteiger charge is 2.40. The Bertz CT molecular complexity index is 784. The van der Waals surface area contributed by atoms with E-state index in [1.165, 1.54) is 0 Å². The Hall–Kier alpha value is -2.04. The molecule has 0 fully saturated rings. The number of carboxylic acid groups (broad SMARTS) is 1. The van der Waals surface area contributed by atoms with Crippen LogP contribution in [-0.4, -0.2) is 16.1 Å². The van der Waals surface area contributed by atoms with Crippen molar-refractivity contribution in [3.05, 3.63) is 40.6 Å². The zero-order chi connectivity index (χ0) is 15.5. The highest BCUT2D eigenvalue weighted by Crippen LogP contribution is 2.48. The number of nitrogens with zero attached hydrogens (tertiary/aromatic N) is 1. The molecule has 1 aromatic carbocycles. The number of fused-ring (bicyclic) bond motifs is 2. The SMILES string of the molecule is CC1CC(C)(C)c2c1nc1c(F)cc(F)cc1c2C(=O)O. The summed E-state index contributed by atoms with van der Waals surface area (Å²) in [5.74, 6) is -2.76. The highest BCUT2D eigenvalue weighted by atomic mass is 19.1. The Labute approximate surface area is 120 Å². The van der Waals surface area contributed by atoms with Gasteiger partial charge in [0.2, 0.25) is 0 Å². The van der Waals surface area contributed by atoms with Crippen LogP contribution in [0.3, 0.4) is 0 Å². The largest absolute Gasteiger partial charge is 0.478 e. The van der Waals surface area contributed by atoms with Crippen molar-refractivity contribution < 1.29 is 18.7 Å². The molecule has 3 rings (SSSR count). The summed E-state index contributed by atoms with van der Waals surface area (Å²) in [4.78, 5) is 16.0. The molecule has 1 aliphatic carbocycles. The number of carbonyl (C=O) groups is 1. The third-order valence-electron chi connectivity index (χ3n) is 4.21. The van der Waals surface area contributed by atoms with Gasteiger partial charge in [-0.3, -0.25) is 0 Å². The van der Waals surface area contributed by atoms with Crippen molar-refractivity contribution in [3.63, 3.8) is 0 Å². The maximum atomic E-state index is 14.0. The van der Waals surface area contributed by atoms with Crippen LogP contribution in [0.5, 0.6) is 0 Å². The molecule has 0 saturated carbocycles. The van der Waals surface area contributed by atoms with E-state index < -0.39 is 17.6 Å². The van der Waals surface area contributed by atoms with Crippen molar-refractivity contribution in [1.82, 2.24) is 4.98 Å². The van der Waals surface area contributed by atoms with Crippen LogP contribution in [0.25, 0.3) is 10.9 Å². The van der Waals surface area contributed by atoms with Gasteiger partial charge >= 0.3 is 5.97 Å². The lowest BCUT2D eigenvalue weighted by molar-refractivity contribution is 0.0696. The Morgan fingerprint density at radius 2 is 2.05 bits per heavy atom. The molecule has 0 bridgehead atoms. The van der Waals surface area contributed by atoms with Gasteiger partial charge in [0.05, 0.1) is 5.56 Å². The fraction of sp³-hybridized carbons (Fsp3) is 0.375. The van der Waals surface area contributed by atoms with E-state index in [2.05, 4.69) is 4.98 Å². The van der Waals surface area contributed by atoms with E-state index >= 15 is 0 Å². The quantitative estimate of drug-likeness (QED) is 0.864. The summed E-state index contributed by atoms with van der Waals surface area (Å²) in [5.41, 5.74) is 0.724. The first-order chi connectivity index (χ1) is 9.72. The average Bonchev–Trinajstić information content (AvgIpc) is 2.57. The molecule has 0 aliphatic heterocycles. The lowest BCUT2D eigenvalue weighted by Crippen LogP contribution is -2.18. The molecule has 1 unspecified atom stereocenters. The van der Waals surface area contributed by atoms with Crippen LogP contribution in [0.15, 0.2) is 12.1 Å². The van der Waals surface area contributed by atoms with Crippen molar-refractivity contribution in [2.75, 3.05) is 0 Å². The van der Waals surface area contributed by atoms with Crippen LogP contribution in [0, 0.1) is 11.6 Å². The Balaban J connectivity index is 2.54. The van der Waals surface area contributed by atoms with Crippen molar-refractivity contribution in [2.45, 2.75) is 38.5 Å². The standard InChI is InChI=1S/C16H15F2NO2/c1-7-6-16(2,3)12-11(15(20)21)9-4-8(17)5-10(18)14(9)19-13(7)12/h4-5,7H,6H2,1-3H3,(H,20,21). The highest BCUT2D eigenvalue weighted by molar-refractivity contribution is 6.05. The van der Waals surface area contributed by atoms with Crippen LogP contribution in [0.2, 0.25) is 0 Å². The van der Waals surface area contributed by atoms with Gasteiger partial charge in [-0.1, -0.05) is 20.8 Å². The second kappa shape index (κ2) is 4.23. The molecule has 0 amide bonds. The first-order valence-corrected chi connectivity index (χ1v) is 6.79. The molecule has 1 aromatic heterocycles.